The van der Waals surface area contributed by atoms with Gasteiger partial charge in [-0.25, -0.2) is 0 Å². The molecule has 1 atom stereocenters. The lowest BCUT2D eigenvalue weighted by Crippen LogP contribution is -2.50. The molecule has 0 N–H and O–H groups in total. The number of hydrogen-bond acceptors (Lipinski definition) is 4. The van der Waals surface area contributed by atoms with Crippen molar-refractivity contribution >= 4 is 17.5 Å². The molecule has 2 aromatic heterocycles. The maximum Gasteiger partial charge on any atom is 0.227 e. The molecule has 164 valence electrons. The van der Waals surface area contributed by atoms with E-state index in [1.54, 1.807) is 6.07 Å². The van der Waals surface area contributed by atoms with Crippen LogP contribution in [0.3, 0.4) is 0 Å². The van der Waals surface area contributed by atoms with E-state index in [2.05, 4.69) is 23.1 Å². The van der Waals surface area contributed by atoms with Gasteiger partial charge in [0.25, 0.3) is 0 Å². The summed E-state index contributed by atoms with van der Waals surface area (Å²) in [6.45, 7) is 2.85. The zero-order valence-electron chi connectivity index (χ0n) is 17.8. The molecule has 1 amide bonds. The van der Waals surface area contributed by atoms with Crippen LogP contribution in [0.15, 0.2) is 61.1 Å². The third-order valence-electron chi connectivity index (χ3n) is 6.47. The third-order valence-corrected chi connectivity index (χ3v) is 6.71. The van der Waals surface area contributed by atoms with Crippen molar-refractivity contribution in [3.8, 4) is 0 Å². The maximum atomic E-state index is 12.8. The Morgan fingerprint density at radius 1 is 1.09 bits per heavy atom. The van der Waals surface area contributed by atoms with Crippen molar-refractivity contribution < 1.29 is 9.52 Å². The highest BCUT2D eigenvalue weighted by Gasteiger charge is 2.33. The summed E-state index contributed by atoms with van der Waals surface area (Å²) >= 11 is 6.31. The van der Waals surface area contributed by atoms with Crippen LogP contribution in [0.5, 0.6) is 0 Å². The van der Waals surface area contributed by atoms with Gasteiger partial charge in [-0.2, -0.15) is 4.73 Å². The summed E-state index contributed by atoms with van der Waals surface area (Å²) in [5, 5.41) is 12.2. The van der Waals surface area contributed by atoms with E-state index in [-0.39, 0.29) is 18.4 Å². The smallest absolute Gasteiger partial charge is 0.227 e. The molecule has 0 unspecified atom stereocenters. The van der Waals surface area contributed by atoms with Crippen LogP contribution in [0.25, 0.3) is 0 Å². The molecule has 1 aromatic carbocycles. The number of aryl methyl sites for hydroxylation is 2. The van der Waals surface area contributed by atoms with Gasteiger partial charge in [-0.1, -0.05) is 23.7 Å². The van der Waals surface area contributed by atoms with Gasteiger partial charge in [-0.15, -0.1) is 0 Å². The third kappa shape index (κ3) is 4.20. The second-order valence-electron chi connectivity index (χ2n) is 8.46. The summed E-state index contributed by atoms with van der Waals surface area (Å²) in [5.74, 6) is 0.0578. The molecule has 32 heavy (non-hydrogen) atoms. The predicted octanol–water partition coefficient (Wildman–Crippen LogP) is 2.94. The largest absolute Gasteiger partial charge is 0.619 e. The molecule has 0 spiro atoms. The summed E-state index contributed by atoms with van der Waals surface area (Å²) in [7, 11) is 0. The van der Waals surface area contributed by atoms with E-state index in [0.717, 1.165) is 46.9 Å². The molecule has 0 radical (unpaired) electrons. The number of pyridine rings is 2. The van der Waals surface area contributed by atoms with Gasteiger partial charge >= 0.3 is 0 Å². The Labute approximate surface area is 192 Å². The number of aromatic nitrogens is 2. The Kier molecular flexibility index (Phi) is 5.81. The van der Waals surface area contributed by atoms with Gasteiger partial charge in [0.2, 0.25) is 5.91 Å². The van der Waals surface area contributed by atoms with Gasteiger partial charge in [0.1, 0.15) is 0 Å². The Morgan fingerprint density at radius 2 is 1.91 bits per heavy atom. The van der Waals surface area contributed by atoms with Crippen molar-refractivity contribution in [2.24, 2.45) is 0 Å². The fourth-order valence-corrected chi connectivity index (χ4v) is 5.07. The summed E-state index contributed by atoms with van der Waals surface area (Å²) in [6.07, 6.45) is 6.90. The molecule has 1 aliphatic carbocycles. The Balaban J connectivity index is 1.36. The minimum atomic E-state index is 0.0578. The lowest BCUT2D eigenvalue weighted by molar-refractivity contribution is -0.605. The number of carbonyl (C=O) groups is 1. The standard InChI is InChI=1S/C25H25ClN4O2/c26-21-7-8-22-20(16-21)6-5-19-4-1-9-27-24(19)25(22)29-13-11-28(12-14-29)23(31)15-18-3-2-10-30(32)17-18/h1-4,7-10,16-17,25H,5-6,11-15H2/t25-/m0/s1. The summed E-state index contributed by atoms with van der Waals surface area (Å²) in [6, 6.07) is 13.9. The summed E-state index contributed by atoms with van der Waals surface area (Å²) in [5.41, 5.74) is 5.66. The van der Waals surface area contributed by atoms with Crippen molar-refractivity contribution in [1.82, 2.24) is 14.8 Å². The molecule has 6 nitrogen and oxygen atoms in total. The highest BCUT2D eigenvalue weighted by atomic mass is 35.5. The molecule has 0 saturated carbocycles. The first-order valence-corrected chi connectivity index (χ1v) is 11.4. The van der Waals surface area contributed by atoms with Crippen molar-refractivity contribution in [3.63, 3.8) is 0 Å². The summed E-state index contributed by atoms with van der Waals surface area (Å²) < 4.78 is 0.737. The lowest BCUT2D eigenvalue weighted by atomic mass is 9.96. The Hall–Kier alpha value is -2.96. The van der Waals surface area contributed by atoms with Gasteiger partial charge in [0, 0.05) is 49.0 Å². The topological polar surface area (TPSA) is 63.4 Å². The number of fused-ring (bicyclic) bond motifs is 2. The first kappa shape index (κ1) is 20.9. The fourth-order valence-electron chi connectivity index (χ4n) is 4.87. The van der Waals surface area contributed by atoms with Crippen molar-refractivity contribution in [2.45, 2.75) is 25.3 Å². The van der Waals surface area contributed by atoms with Crippen LogP contribution in [0.2, 0.25) is 5.02 Å². The number of rotatable bonds is 3. The number of hydrogen-bond donors (Lipinski definition) is 0. The molecule has 3 aromatic rings. The number of amides is 1. The second kappa shape index (κ2) is 8.88. The molecule has 2 aliphatic rings. The molecular weight excluding hydrogens is 424 g/mol. The van der Waals surface area contributed by atoms with Gasteiger partial charge in [0.15, 0.2) is 12.4 Å². The summed E-state index contributed by atoms with van der Waals surface area (Å²) in [4.78, 5) is 21.9. The van der Waals surface area contributed by atoms with Crippen LogP contribution in [0, 0.1) is 5.21 Å². The molecule has 1 saturated heterocycles. The normalized spacial score (nSPS) is 18.5. The minimum absolute atomic E-state index is 0.0578. The van der Waals surface area contributed by atoms with Crippen molar-refractivity contribution in [2.75, 3.05) is 26.2 Å². The highest BCUT2D eigenvalue weighted by Crippen LogP contribution is 2.37. The number of halogens is 1. The molecular formula is C25H25ClN4O2. The van der Waals surface area contributed by atoms with E-state index in [9.17, 15) is 10.0 Å². The first-order chi connectivity index (χ1) is 15.6. The molecule has 1 fully saturated rings. The predicted molar refractivity (Wildman–Crippen MR) is 122 cm³/mol. The Morgan fingerprint density at radius 3 is 2.72 bits per heavy atom. The van der Waals surface area contributed by atoms with Gasteiger partial charge in [-0.3, -0.25) is 14.7 Å². The monoisotopic (exact) mass is 448 g/mol. The van der Waals surface area contributed by atoms with E-state index < -0.39 is 0 Å². The average Bonchev–Trinajstić information content (AvgIpc) is 2.96. The Bertz CT molecular complexity index is 1140. The van der Waals surface area contributed by atoms with Gasteiger partial charge < -0.3 is 10.1 Å². The number of nitrogens with zero attached hydrogens (tertiary/aromatic N) is 4. The van der Waals surface area contributed by atoms with Crippen molar-refractivity contribution in [1.29, 1.82) is 0 Å². The molecule has 0 bridgehead atoms. The molecule has 1 aliphatic heterocycles. The first-order valence-electron chi connectivity index (χ1n) is 11.0. The number of piperazine rings is 1. The van der Waals surface area contributed by atoms with Crippen LogP contribution in [-0.4, -0.2) is 46.9 Å². The second-order valence-corrected chi connectivity index (χ2v) is 8.90. The van der Waals surface area contributed by atoms with Gasteiger partial charge in [-0.05, 0) is 53.8 Å². The molecule has 7 heteroatoms. The van der Waals surface area contributed by atoms with E-state index in [4.69, 9.17) is 16.6 Å². The van der Waals surface area contributed by atoms with Crippen LogP contribution < -0.4 is 4.73 Å². The zero-order valence-corrected chi connectivity index (χ0v) is 18.5. The quantitative estimate of drug-likeness (QED) is 0.456. The van der Waals surface area contributed by atoms with E-state index >= 15 is 0 Å². The van der Waals surface area contributed by atoms with Crippen LogP contribution >= 0.6 is 11.6 Å². The van der Waals surface area contributed by atoms with E-state index in [1.807, 2.05) is 29.3 Å². The fraction of sp³-hybridized carbons (Fsp3) is 0.320. The van der Waals surface area contributed by atoms with Crippen molar-refractivity contribution in [3.05, 3.63) is 99.2 Å². The zero-order chi connectivity index (χ0) is 22.1. The lowest BCUT2D eigenvalue weighted by Gasteiger charge is -2.39. The maximum absolute atomic E-state index is 12.8. The molecule has 3 heterocycles. The minimum Gasteiger partial charge on any atom is -0.619 e. The molecule has 5 rings (SSSR count). The van der Waals surface area contributed by atoms with E-state index in [1.165, 1.54) is 29.1 Å². The average molecular weight is 449 g/mol. The van der Waals surface area contributed by atoms with Crippen LogP contribution in [0.1, 0.15) is 34.0 Å². The highest BCUT2D eigenvalue weighted by molar-refractivity contribution is 6.30. The van der Waals surface area contributed by atoms with E-state index in [0.29, 0.717) is 13.1 Å². The SMILES string of the molecule is O=C(Cc1ccc[n+]([O-])c1)N1CCN([C@H]2c3ccc(Cl)cc3CCc3cccnc32)CC1. The number of carbonyl (C=O) groups excluding carboxylic acids is 1. The van der Waals surface area contributed by atoms with Crippen LogP contribution in [-0.2, 0) is 24.1 Å². The van der Waals surface area contributed by atoms with Gasteiger partial charge in [0.05, 0.1) is 18.2 Å². The van der Waals surface area contributed by atoms with Crippen LogP contribution in [0.4, 0.5) is 0 Å². The number of benzene rings is 1.